The molecule has 0 nitrogen and oxygen atoms in total. The summed E-state index contributed by atoms with van der Waals surface area (Å²) in [6.45, 7) is 6.25. The molecule has 51 valence electrons. The molecule has 0 N–H and O–H groups in total. The SMILES string of the molecule is [C-]#C[Si](C)(C)C.[Ce+3].[Cl-].[Cl-]. The van der Waals surface area contributed by atoms with Crippen LogP contribution in [0.25, 0.3) is 0 Å². The van der Waals surface area contributed by atoms with Crippen molar-refractivity contribution in [1.29, 1.82) is 0 Å². The van der Waals surface area contributed by atoms with Crippen LogP contribution in [0.4, 0.5) is 0 Å². The second-order valence-electron chi connectivity index (χ2n) is 2.38. The van der Waals surface area contributed by atoms with Crippen molar-refractivity contribution < 1.29 is 66.6 Å². The van der Waals surface area contributed by atoms with E-state index in [9.17, 15) is 0 Å². The van der Waals surface area contributed by atoms with Gasteiger partial charge in [0.05, 0.1) is 8.07 Å². The quantitative estimate of drug-likeness (QED) is 0.240. The van der Waals surface area contributed by atoms with Crippen LogP contribution in [0.15, 0.2) is 0 Å². The predicted molar refractivity (Wildman–Crippen MR) is 30.5 cm³/mol. The van der Waals surface area contributed by atoms with Crippen LogP contribution >= 0.6 is 0 Å². The Morgan fingerprint density at radius 2 is 1.22 bits per heavy atom. The van der Waals surface area contributed by atoms with Crippen molar-refractivity contribution >= 4 is 8.07 Å². The van der Waals surface area contributed by atoms with Crippen molar-refractivity contribution in [3.63, 3.8) is 0 Å². The summed E-state index contributed by atoms with van der Waals surface area (Å²) in [7, 11) is -1.21. The largest absolute Gasteiger partial charge is 3.00 e. The van der Waals surface area contributed by atoms with Gasteiger partial charge < -0.3 is 36.8 Å². The molecular formula is C5H9CeCl2Si. The zero-order chi connectivity index (χ0) is 5.21. The normalized spacial score (nSPS) is 6.89. The van der Waals surface area contributed by atoms with Gasteiger partial charge in [-0.1, -0.05) is 19.6 Å². The van der Waals surface area contributed by atoms with E-state index in [-0.39, 0.29) is 66.6 Å². The minimum absolute atomic E-state index is 0. The number of hydrogen-bond acceptors (Lipinski definition) is 0. The van der Waals surface area contributed by atoms with Crippen molar-refractivity contribution in [3.05, 3.63) is 6.42 Å². The zero-order valence-corrected chi connectivity index (χ0v) is 11.4. The summed E-state index contributed by atoms with van der Waals surface area (Å²) in [6.07, 6.45) is 6.67. The minimum atomic E-state index is -1.21. The molecule has 0 aromatic heterocycles. The summed E-state index contributed by atoms with van der Waals surface area (Å²) in [5, 5.41) is 0. The summed E-state index contributed by atoms with van der Waals surface area (Å²) < 4.78 is 0. The van der Waals surface area contributed by atoms with Gasteiger partial charge in [-0.2, -0.15) is 0 Å². The van der Waals surface area contributed by atoms with Crippen LogP contribution in [0.3, 0.4) is 0 Å². The predicted octanol–water partition coefficient (Wildman–Crippen LogP) is -4.54. The van der Waals surface area contributed by atoms with E-state index >= 15 is 0 Å². The fourth-order valence-electron chi connectivity index (χ4n) is 0. The maximum Gasteiger partial charge on any atom is 3.00 e. The molecule has 1 radical (unpaired) electrons. The molecule has 0 rings (SSSR count). The van der Waals surface area contributed by atoms with Gasteiger partial charge in [-0.3, -0.25) is 0 Å². The van der Waals surface area contributed by atoms with E-state index in [0.717, 1.165) is 0 Å². The molecule has 0 unspecified atom stereocenters. The van der Waals surface area contributed by atoms with Crippen LogP contribution in [-0.4, -0.2) is 8.07 Å². The van der Waals surface area contributed by atoms with E-state index < -0.39 is 8.07 Å². The van der Waals surface area contributed by atoms with Crippen LogP contribution in [0.2, 0.25) is 19.6 Å². The summed E-state index contributed by atoms with van der Waals surface area (Å²) in [5.74, 6) is 0. The van der Waals surface area contributed by atoms with Crippen LogP contribution in [0.1, 0.15) is 0 Å². The molecule has 0 atom stereocenters. The maximum absolute atomic E-state index is 6.67. The molecule has 0 spiro atoms. The molecule has 0 aromatic rings. The van der Waals surface area contributed by atoms with Crippen molar-refractivity contribution in [1.82, 2.24) is 0 Å². The third-order valence-electron chi connectivity index (χ3n) is 0.375. The van der Waals surface area contributed by atoms with Crippen molar-refractivity contribution in [2.24, 2.45) is 0 Å². The van der Waals surface area contributed by atoms with Crippen LogP contribution in [-0.2, 0) is 0 Å². The Kier molecular flexibility index (Phi) is 24.3. The Balaban J connectivity index is -0.0000000417. The summed E-state index contributed by atoms with van der Waals surface area (Å²) in [5.41, 5.74) is 2.49. The van der Waals surface area contributed by atoms with Gasteiger partial charge in [0, 0.05) is 0 Å². The van der Waals surface area contributed by atoms with Crippen molar-refractivity contribution in [2.75, 3.05) is 0 Å². The Hall–Kier alpha value is 1.73. The maximum atomic E-state index is 6.67. The molecule has 0 saturated heterocycles. The average Bonchev–Trinajstić information content (AvgIpc) is 1.35. The minimum Gasteiger partial charge on any atom is -1.00 e. The average molecular weight is 308 g/mol. The number of rotatable bonds is 0. The molecule has 4 heteroatoms. The van der Waals surface area contributed by atoms with Gasteiger partial charge in [-0.05, 0) is 0 Å². The Labute approximate surface area is 105 Å². The summed E-state index contributed by atoms with van der Waals surface area (Å²) in [4.78, 5) is 0. The second kappa shape index (κ2) is 9.73. The molecule has 0 fully saturated rings. The number of hydrogen-bond donors (Lipinski definition) is 0. The Morgan fingerprint density at radius 3 is 1.22 bits per heavy atom. The first-order valence-electron chi connectivity index (χ1n) is 2.00. The monoisotopic (exact) mass is 307 g/mol. The van der Waals surface area contributed by atoms with Crippen molar-refractivity contribution in [3.8, 4) is 5.54 Å². The molecule has 0 aromatic carbocycles. The molecule has 0 bridgehead atoms. The molecule has 0 saturated carbocycles. The van der Waals surface area contributed by atoms with Gasteiger partial charge in [-0.15, -0.1) is 0 Å². The standard InChI is InChI=1S/C5H9Si.Ce.2ClH/c1-5-6(2,3)4;;;/h2-4H3;;2*1H/q-1;+3;;/p-2. The Morgan fingerprint density at radius 1 is 1.11 bits per heavy atom. The first-order valence-corrected chi connectivity index (χ1v) is 5.50. The molecule has 0 aliphatic heterocycles. The van der Waals surface area contributed by atoms with Gasteiger partial charge in [0.25, 0.3) is 0 Å². The fraction of sp³-hybridized carbons (Fsp3) is 0.600. The van der Waals surface area contributed by atoms with E-state index in [1.54, 1.807) is 0 Å². The molecule has 0 amide bonds. The van der Waals surface area contributed by atoms with Gasteiger partial charge in [-0.25, -0.2) is 0 Å². The second-order valence-corrected chi connectivity index (χ2v) is 7.12. The van der Waals surface area contributed by atoms with Gasteiger partial charge >= 0.3 is 41.7 Å². The van der Waals surface area contributed by atoms with E-state index in [2.05, 4.69) is 25.2 Å². The molecule has 0 aliphatic rings. The summed E-state index contributed by atoms with van der Waals surface area (Å²) in [6, 6.07) is 0. The van der Waals surface area contributed by atoms with E-state index in [0.29, 0.717) is 0 Å². The first kappa shape index (κ1) is 22.4. The smallest absolute Gasteiger partial charge is 1.00 e. The van der Waals surface area contributed by atoms with Gasteiger partial charge in [0.15, 0.2) is 0 Å². The van der Waals surface area contributed by atoms with Crippen LogP contribution in [0, 0.1) is 53.7 Å². The third kappa shape index (κ3) is 26.0. The van der Waals surface area contributed by atoms with E-state index in [1.807, 2.05) is 0 Å². The molecular weight excluding hydrogens is 299 g/mol. The van der Waals surface area contributed by atoms with E-state index in [4.69, 9.17) is 6.42 Å². The number of halogens is 2. The first-order chi connectivity index (χ1) is 2.56. The zero-order valence-electron chi connectivity index (χ0n) is 5.76. The van der Waals surface area contributed by atoms with Gasteiger partial charge in [0.1, 0.15) is 0 Å². The topological polar surface area (TPSA) is 0 Å². The van der Waals surface area contributed by atoms with Crippen LogP contribution < -0.4 is 24.8 Å². The molecule has 0 aliphatic carbocycles. The molecule has 9 heavy (non-hydrogen) atoms. The fourth-order valence-corrected chi connectivity index (χ4v) is 0. The van der Waals surface area contributed by atoms with Gasteiger partial charge in [0.2, 0.25) is 0 Å². The third-order valence-corrected chi connectivity index (χ3v) is 1.12. The Bertz CT molecular complexity index is 81.9. The van der Waals surface area contributed by atoms with Crippen molar-refractivity contribution in [2.45, 2.75) is 19.6 Å². The summed E-state index contributed by atoms with van der Waals surface area (Å²) >= 11 is 0. The van der Waals surface area contributed by atoms with Crippen LogP contribution in [0.5, 0.6) is 0 Å². The molecule has 0 heterocycles. The van der Waals surface area contributed by atoms with E-state index in [1.165, 1.54) is 0 Å².